The van der Waals surface area contributed by atoms with E-state index in [2.05, 4.69) is 20.2 Å². The predicted octanol–water partition coefficient (Wildman–Crippen LogP) is 3.79. The number of anilines is 1. The normalized spacial score (nSPS) is 16.8. The molecule has 0 aliphatic carbocycles. The van der Waals surface area contributed by atoms with E-state index in [1.54, 1.807) is 6.20 Å². The molecule has 2 aromatic rings. The first-order chi connectivity index (χ1) is 13.5. The SMILES string of the molecule is CSc1nccc(N2CCC[C@H](CCC(=O)NCc3ccc(F)c(F)c3)C2)n1. The van der Waals surface area contributed by atoms with Crippen LogP contribution in [-0.2, 0) is 11.3 Å². The summed E-state index contributed by atoms with van der Waals surface area (Å²) < 4.78 is 26.2. The molecule has 0 bridgehead atoms. The molecule has 0 saturated carbocycles. The van der Waals surface area contributed by atoms with E-state index in [0.717, 1.165) is 55.5 Å². The molecule has 1 saturated heterocycles. The highest BCUT2D eigenvalue weighted by molar-refractivity contribution is 7.98. The maximum atomic E-state index is 13.2. The molecule has 1 N–H and O–H groups in total. The maximum Gasteiger partial charge on any atom is 0.220 e. The summed E-state index contributed by atoms with van der Waals surface area (Å²) >= 11 is 1.52. The minimum Gasteiger partial charge on any atom is -0.356 e. The number of nitrogens with zero attached hydrogens (tertiary/aromatic N) is 3. The number of rotatable bonds is 7. The van der Waals surface area contributed by atoms with E-state index < -0.39 is 11.6 Å². The third kappa shape index (κ3) is 5.64. The number of carbonyl (C=O) groups is 1. The van der Waals surface area contributed by atoms with Gasteiger partial charge in [-0.05, 0) is 55.2 Å². The molecule has 0 radical (unpaired) electrons. The molecule has 5 nitrogen and oxygen atoms in total. The second-order valence-electron chi connectivity index (χ2n) is 6.92. The average Bonchev–Trinajstić information content (AvgIpc) is 2.73. The zero-order valence-corrected chi connectivity index (χ0v) is 16.6. The summed E-state index contributed by atoms with van der Waals surface area (Å²) in [4.78, 5) is 23.2. The summed E-state index contributed by atoms with van der Waals surface area (Å²) in [6, 6.07) is 5.58. The van der Waals surface area contributed by atoms with Gasteiger partial charge in [0.05, 0.1) is 0 Å². The lowest BCUT2D eigenvalue weighted by atomic mass is 9.93. The molecule has 1 aliphatic heterocycles. The molecule has 1 fully saturated rings. The lowest BCUT2D eigenvalue weighted by Gasteiger charge is -2.33. The van der Waals surface area contributed by atoms with Crippen molar-refractivity contribution in [3.8, 4) is 0 Å². The van der Waals surface area contributed by atoms with Crippen LogP contribution in [0.15, 0.2) is 35.6 Å². The average molecular weight is 407 g/mol. The Balaban J connectivity index is 1.45. The molecule has 150 valence electrons. The monoisotopic (exact) mass is 406 g/mol. The van der Waals surface area contributed by atoms with Crippen LogP contribution in [0.4, 0.5) is 14.6 Å². The zero-order chi connectivity index (χ0) is 19.9. The van der Waals surface area contributed by atoms with E-state index in [0.29, 0.717) is 17.9 Å². The van der Waals surface area contributed by atoms with E-state index in [1.807, 2.05) is 12.3 Å². The summed E-state index contributed by atoms with van der Waals surface area (Å²) in [6.45, 7) is 2.04. The lowest BCUT2D eigenvalue weighted by molar-refractivity contribution is -0.121. The third-order valence-electron chi connectivity index (χ3n) is 4.90. The first-order valence-corrected chi connectivity index (χ1v) is 10.6. The number of piperidine rings is 1. The first kappa shape index (κ1) is 20.5. The van der Waals surface area contributed by atoms with Crippen LogP contribution in [0, 0.1) is 17.6 Å². The van der Waals surface area contributed by atoms with Crippen molar-refractivity contribution in [1.82, 2.24) is 15.3 Å². The quantitative estimate of drug-likeness (QED) is 0.560. The van der Waals surface area contributed by atoms with Crippen molar-refractivity contribution in [2.45, 2.75) is 37.4 Å². The number of hydrogen-bond donors (Lipinski definition) is 1. The van der Waals surface area contributed by atoms with Crippen LogP contribution in [0.1, 0.15) is 31.2 Å². The van der Waals surface area contributed by atoms with Gasteiger partial charge < -0.3 is 10.2 Å². The van der Waals surface area contributed by atoms with E-state index in [-0.39, 0.29) is 12.5 Å². The Morgan fingerprint density at radius 3 is 2.96 bits per heavy atom. The van der Waals surface area contributed by atoms with Gasteiger partial charge in [0.1, 0.15) is 5.82 Å². The fourth-order valence-corrected chi connectivity index (χ4v) is 3.74. The van der Waals surface area contributed by atoms with Gasteiger partial charge in [-0.25, -0.2) is 18.7 Å². The second-order valence-corrected chi connectivity index (χ2v) is 7.69. The van der Waals surface area contributed by atoms with Gasteiger partial charge in [-0.3, -0.25) is 4.79 Å². The Morgan fingerprint density at radius 1 is 1.32 bits per heavy atom. The Bertz CT molecular complexity index is 821. The van der Waals surface area contributed by atoms with Crippen LogP contribution in [-0.4, -0.2) is 35.2 Å². The van der Waals surface area contributed by atoms with Gasteiger partial charge in [0, 0.05) is 32.3 Å². The zero-order valence-electron chi connectivity index (χ0n) is 15.8. The highest BCUT2D eigenvalue weighted by Gasteiger charge is 2.22. The molecule has 2 heterocycles. The highest BCUT2D eigenvalue weighted by Crippen LogP contribution is 2.25. The second kappa shape index (κ2) is 9.82. The Labute approximate surface area is 167 Å². The van der Waals surface area contributed by atoms with Crippen LogP contribution in [0.25, 0.3) is 0 Å². The minimum atomic E-state index is -0.900. The molecule has 1 aromatic heterocycles. The van der Waals surface area contributed by atoms with Crippen molar-refractivity contribution in [3.63, 3.8) is 0 Å². The van der Waals surface area contributed by atoms with Crippen LogP contribution in [0.5, 0.6) is 0 Å². The molecule has 1 aliphatic rings. The topological polar surface area (TPSA) is 58.1 Å². The largest absolute Gasteiger partial charge is 0.356 e. The number of thioether (sulfide) groups is 1. The molecule has 1 aromatic carbocycles. The van der Waals surface area contributed by atoms with Crippen LogP contribution < -0.4 is 10.2 Å². The molecule has 0 unspecified atom stereocenters. The van der Waals surface area contributed by atoms with E-state index >= 15 is 0 Å². The third-order valence-corrected chi connectivity index (χ3v) is 5.46. The van der Waals surface area contributed by atoms with Crippen molar-refractivity contribution in [3.05, 3.63) is 47.7 Å². The van der Waals surface area contributed by atoms with Crippen molar-refractivity contribution >= 4 is 23.5 Å². The smallest absolute Gasteiger partial charge is 0.220 e. The maximum absolute atomic E-state index is 13.2. The van der Waals surface area contributed by atoms with Crippen molar-refractivity contribution in [1.29, 1.82) is 0 Å². The van der Waals surface area contributed by atoms with Gasteiger partial charge in [-0.15, -0.1) is 0 Å². The van der Waals surface area contributed by atoms with E-state index in [4.69, 9.17) is 0 Å². The lowest BCUT2D eigenvalue weighted by Crippen LogP contribution is -2.36. The molecule has 28 heavy (non-hydrogen) atoms. The Kier molecular flexibility index (Phi) is 7.19. The number of halogens is 2. The molecule has 1 amide bonds. The summed E-state index contributed by atoms with van der Waals surface area (Å²) in [6.07, 6.45) is 7.11. The first-order valence-electron chi connectivity index (χ1n) is 9.37. The molecular formula is C20H24F2N4OS. The summed E-state index contributed by atoms with van der Waals surface area (Å²) in [5.41, 5.74) is 0.546. The van der Waals surface area contributed by atoms with Gasteiger partial charge in [0.25, 0.3) is 0 Å². The van der Waals surface area contributed by atoms with Gasteiger partial charge in [-0.1, -0.05) is 17.8 Å². The summed E-state index contributed by atoms with van der Waals surface area (Å²) in [5, 5.41) is 3.54. The van der Waals surface area contributed by atoms with E-state index in [9.17, 15) is 13.6 Å². The van der Waals surface area contributed by atoms with Crippen molar-refractivity contribution < 1.29 is 13.6 Å². The minimum absolute atomic E-state index is 0.0754. The Hall–Kier alpha value is -2.22. The fourth-order valence-electron chi connectivity index (χ4n) is 3.39. The number of amides is 1. The number of carbonyl (C=O) groups excluding carboxylic acids is 1. The number of benzene rings is 1. The van der Waals surface area contributed by atoms with Gasteiger partial charge in [0.15, 0.2) is 16.8 Å². The summed E-state index contributed by atoms with van der Waals surface area (Å²) in [7, 11) is 0. The molecule has 0 spiro atoms. The molecule has 1 atom stereocenters. The molecular weight excluding hydrogens is 382 g/mol. The molecule has 8 heteroatoms. The summed E-state index contributed by atoms with van der Waals surface area (Å²) in [5.74, 6) is -0.496. The Morgan fingerprint density at radius 2 is 2.18 bits per heavy atom. The van der Waals surface area contributed by atoms with Gasteiger partial charge in [-0.2, -0.15) is 0 Å². The van der Waals surface area contributed by atoms with Crippen LogP contribution in [0.3, 0.4) is 0 Å². The van der Waals surface area contributed by atoms with Crippen molar-refractivity contribution in [2.24, 2.45) is 5.92 Å². The van der Waals surface area contributed by atoms with Gasteiger partial charge in [0.2, 0.25) is 5.91 Å². The van der Waals surface area contributed by atoms with Crippen LogP contribution >= 0.6 is 11.8 Å². The van der Waals surface area contributed by atoms with Gasteiger partial charge >= 0.3 is 0 Å². The number of nitrogens with one attached hydrogen (secondary N) is 1. The fraction of sp³-hybridized carbons (Fsp3) is 0.450. The van der Waals surface area contributed by atoms with Crippen molar-refractivity contribution in [2.75, 3.05) is 24.2 Å². The molecule has 3 rings (SSSR count). The predicted molar refractivity (Wildman–Crippen MR) is 106 cm³/mol. The van der Waals surface area contributed by atoms with Crippen LogP contribution in [0.2, 0.25) is 0 Å². The number of hydrogen-bond acceptors (Lipinski definition) is 5. The standard InChI is InChI=1S/C20H24F2N4OS/c1-28-20-23-9-8-18(25-20)26-10-2-3-14(13-26)5-7-19(27)24-12-15-4-6-16(21)17(22)11-15/h4,6,8-9,11,14H,2-3,5,7,10,12-13H2,1H3,(H,24,27)/t14-/m1/s1. The van der Waals surface area contributed by atoms with E-state index in [1.165, 1.54) is 17.8 Å². The highest BCUT2D eigenvalue weighted by atomic mass is 32.2. The number of aromatic nitrogens is 2.